The van der Waals surface area contributed by atoms with Crippen molar-refractivity contribution in [2.45, 2.75) is 109 Å². The normalized spacial score (nSPS) is 24.3. The van der Waals surface area contributed by atoms with Crippen LogP contribution in [0.1, 0.15) is 107 Å². The van der Waals surface area contributed by atoms with Crippen LogP contribution in [0, 0.1) is 17.8 Å². The zero-order valence-corrected chi connectivity index (χ0v) is 34.2. The summed E-state index contributed by atoms with van der Waals surface area (Å²) >= 11 is 0. The van der Waals surface area contributed by atoms with Crippen LogP contribution in [0.3, 0.4) is 0 Å². The van der Waals surface area contributed by atoms with Crippen LogP contribution < -0.4 is 9.47 Å². The Bertz CT molecular complexity index is 1750. The number of aldehydes is 1. The molecule has 1 fully saturated rings. The van der Waals surface area contributed by atoms with E-state index in [-0.39, 0.29) is 50.6 Å². The van der Waals surface area contributed by atoms with E-state index in [0.29, 0.717) is 60.8 Å². The highest BCUT2D eigenvalue weighted by Crippen LogP contribution is 2.62. The number of nitrogens with zero attached hydrogens (tertiary/aromatic N) is 2. The average Bonchev–Trinajstić information content (AvgIpc) is 3.19. The van der Waals surface area contributed by atoms with Crippen LogP contribution in [0.25, 0.3) is 0 Å². The first-order valence-corrected chi connectivity index (χ1v) is 20.6. The molecule has 2 aromatic carbocycles. The van der Waals surface area contributed by atoms with E-state index < -0.39 is 29.4 Å². The highest BCUT2D eigenvalue weighted by atomic mass is 16.7. The molecular weight excluding hydrogens is 725 g/mol. The molecule has 0 bridgehead atoms. The van der Waals surface area contributed by atoms with Crippen molar-refractivity contribution < 1.29 is 43.6 Å². The smallest absolute Gasteiger partial charge is 0.410 e. The first-order valence-electron chi connectivity index (χ1n) is 20.6. The molecule has 2 N–H and O–H groups in total. The second-order valence-electron chi connectivity index (χ2n) is 16.2. The maximum Gasteiger partial charge on any atom is 0.410 e. The first kappa shape index (κ1) is 43.7. The summed E-state index contributed by atoms with van der Waals surface area (Å²) < 4.78 is 26.5. The fraction of sp³-hybridized carbons (Fsp3) is 0.543. The molecule has 11 heteroatoms. The maximum atomic E-state index is 14.2. The third-order valence-electron chi connectivity index (χ3n) is 10.9. The van der Waals surface area contributed by atoms with E-state index in [9.17, 15) is 19.8 Å². The Morgan fingerprint density at radius 3 is 2.47 bits per heavy atom. The molecule has 0 radical (unpaired) electrons. The fourth-order valence-corrected chi connectivity index (χ4v) is 8.62. The van der Waals surface area contributed by atoms with Gasteiger partial charge in [0.15, 0.2) is 0 Å². The number of ether oxygens (including phenoxy) is 4. The van der Waals surface area contributed by atoms with Gasteiger partial charge in [0.05, 0.1) is 24.8 Å². The van der Waals surface area contributed by atoms with Crippen LogP contribution in [-0.4, -0.2) is 83.6 Å². The number of fused-ring (bicyclic) bond motifs is 2. The number of rotatable bonds is 21. The zero-order chi connectivity index (χ0) is 41.0. The van der Waals surface area contributed by atoms with Crippen molar-refractivity contribution in [1.29, 1.82) is 0 Å². The number of hydrogen-bond donors (Lipinski definition) is 2. The Labute approximate surface area is 338 Å². The predicted molar refractivity (Wildman–Crippen MR) is 221 cm³/mol. The van der Waals surface area contributed by atoms with E-state index in [1.807, 2.05) is 52.0 Å². The molecule has 2 aromatic rings. The maximum absolute atomic E-state index is 14.2. The molecule has 0 unspecified atom stereocenters. The number of unbranched alkanes of at least 4 members (excludes halogenated alkanes) is 2. The predicted octanol–water partition coefficient (Wildman–Crippen LogP) is 9.15. The van der Waals surface area contributed by atoms with E-state index in [1.165, 1.54) is 0 Å². The summed E-state index contributed by atoms with van der Waals surface area (Å²) in [5.74, 6) is -0.219. The zero-order valence-electron chi connectivity index (χ0n) is 34.2. The Balaban J connectivity index is 1.78. The van der Waals surface area contributed by atoms with Gasteiger partial charge in [0.25, 0.3) is 0 Å². The van der Waals surface area contributed by atoms with Gasteiger partial charge in [-0.05, 0) is 107 Å². The van der Waals surface area contributed by atoms with Gasteiger partial charge in [0.1, 0.15) is 35.2 Å². The van der Waals surface area contributed by atoms with Gasteiger partial charge in [-0.1, -0.05) is 55.3 Å². The largest absolute Gasteiger partial charge is 0.459 e. The Kier molecular flexibility index (Phi) is 15.6. The monoisotopic (exact) mass is 786 g/mol. The molecule has 6 atom stereocenters. The van der Waals surface area contributed by atoms with Gasteiger partial charge in [-0.3, -0.25) is 9.69 Å². The number of allylic oxidation sites excluding steroid dienone is 1. The Hall–Kier alpha value is -4.45. The van der Waals surface area contributed by atoms with Gasteiger partial charge in [-0.2, -0.15) is 0 Å². The quantitative estimate of drug-likeness (QED) is 0.0550. The molecule has 1 amide bonds. The number of carbonyl (C=O) groups excluding carboxylic acids is 2. The highest BCUT2D eigenvalue weighted by molar-refractivity contribution is 6.03. The topological polar surface area (TPSA) is 136 Å². The van der Waals surface area contributed by atoms with Gasteiger partial charge < -0.3 is 34.0 Å². The standard InChI is InChI=1S/C46H62N2O9/c1-7-10-26-53-44(52)48(22-8-2)41-30-39(47-57-45(4,5)6)37-28-33(17-11-13-23-49)36(19-12-14-24-50)42-38-29-35(55-34-18-15-16-32(27-34)31-51)20-21-40(38)56-46(41,43(37)42)54-25-9-3/h7,9,15-16,18,20-21,27-29,31,33,36,41-43,49-50H,1,3,8,10-14,17,19,22-26,30H2,2,4-6H3/t33-,36+,41-,42+,43+,46+/m0/s1. The van der Waals surface area contributed by atoms with Crippen LogP contribution in [0.5, 0.6) is 17.2 Å². The SMILES string of the molecule is C=CCCOC(=O)N(CCC)[C@H]1CC(=NOC(C)(C)C)C2=C[C@H](CCCCO)[C@@H](CCCCO)[C@@H]3c4cc(Oc5cccc(C=O)c5)ccc4O[C@@]1(OCC=C)[C@H]23. The lowest BCUT2D eigenvalue weighted by molar-refractivity contribution is -0.255. The van der Waals surface area contributed by atoms with Crippen LogP contribution in [0.4, 0.5) is 4.79 Å². The first-order chi connectivity index (χ1) is 27.5. The second kappa shape index (κ2) is 20.3. The molecule has 1 heterocycles. The molecule has 5 rings (SSSR count). The molecule has 310 valence electrons. The van der Waals surface area contributed by atoms with Crippen molar-refractivity contribution >= 4 is 18.1 Å². The third-order valence-corrected chi connectivity index (χ3v) is 10.9. The van der Waals surface area contributed by atoms with Crippen LogP contribution in [-0.2, 0) is 14.3 Å². The van der Waals surface area contributed by atoms with Crippen LogP contribution in [0.2, 0.25) is 0 Å². The van der Waals surface area contributed by atoms with E-state index in [0.717, 1.165) is 43.1 Å². The minimum Gasteiger partial charge on any atom is -0.459 e. The molecule has 1 saturated carbocycles. The van der Waals surface area contributed by atoms with Crippen molar-refractivity contribution in [2.75, 3.05) is 33.0 Å². The molecule has 3 aliphatic rings. The lowest BCUT2D eigenvalue weighted by atomic mass is 9.55. The number of carbonyl (C=O) groups is 2. The summed E-state index contributed by atoms with van der Waals surface area (Å²) in [6.07, 6.45) is 12.1. The summed E-state index contributed by atoms with van der Waals surface area (Å²) in [6, 6.07) is 12.1. The van der Waals surface area contributed by atoms with Crippen molar-refractivity contribution in [1.82, 2.24) is 4.90 Å². The molecule has 57 heavy (non-hydrogen) atoms. The molecule has 11 nitrogen and oxygen atoms in total. The fourth-order valence-electron chi connectivity index (χ4n) is 8.62. The summed E-state index contributed by atoms with van der Waals surface area (Å²) in [7, 11) is 0. The third kappa shape index (κ3) is 10.4. The summed E-state index contributed by atoms with van der Waals surface area (Å²) in [5, 5.41) is 24.6. The van der Waals surface area contributed by atoms with Crippen molar-refractivity contribution in [3.8, 4) is 17.2 Å². The number of oxime groups is 1. The molecule has 1 aliphatic heterocycles. The van der Waals surface area contributed by atoms with Crippen molar-refractivity contribution in [3.63, 3.8) is 0 Å². The van der Waals surface area contributed by atoms with Crippen LogP contribution >= 0.6 is 0 Å². The molecule has 0 spiro atoms. The van der Waals surface area contributed by atoms with E-state index >= 15 is 0 Å². The molecule has 0 saturated heterocycles. The minimum absolute atomic E-state index is 0.0506. The van der Waals surface area contributed by atoms with Gasteiger partial charge >= 0.3 is 6.09 Å². The van der Waals surface area contributed by atoms with Gasteiger partial charge in [-0.25, -0.2) is 4.79 Å². The van der Waals surface area contributed by atoms with Gasteiger partial charge in [-0.15, -0.1) is 13.2 Å². The summed E-state index contributed by atoms with van der Waals surface area (Å²) in [4.78, 5) is 33.7. The van der Waals surface area contributed by atoms with Gasteiger partial charge in [0, 0.05) is 43.2 Å². The molecule has 0 aromatic heterocycles. The lowest BCUT2D eigenvalue weighted by Crippen LogP contribution is -2.70. The summed E-state index contributed by atoms with van der Waals surface area (Å²) in [5.41, 5.74) is 2.51. The number of aliphatic hydroxyl groups is 2. The molecule has 2 aliphatic carbocycles. The number of benzene rings is 2. The average molecular weight is 787 g/mol. The van der Waals surface area contributed by atoms with Crippen molar-refractivity contribution in [3.05, 3.63) is 90.6 Å². The second-order valence-corrected chi connectivity index (χ2v) is 16.2. The highest BCUT2D eigenvalue weighted by Gasteiger charge is 2.65. The minimum atomic E-state index is -1.39. The van der Waals surface area contributed by atoms with E-state index in [1.54, 1.807) is 35.3 Å². The summed E-state index contributed by atoms with van der Waals surface area (Å²) in [6.45, 7) is 16.6. The molecular formula is C46H62N2O9. The number of aliphatic hydroxyl groups excluding tert-OH is 2. The Morgan fingerprint density at radius 2 is 1.79 bits per heavy atom. The number of amides is 1. The lowest BCUT2D eigenvalue weighted by Gasteiger charge is -2.60. The Morgan fingerprint density at radius 1 is 1.04 bits per heavy atom. The van der Waals surface area contributed by atoms with E-state index in [4.69, 9.17) is 28.9 Å². The van der Waals surface area contributed by atoms with Crippen molar-refractivity contribution in [2.24, 2.45) is 22.9 Å². The van der Waals surface area contributed by atoms with Crippen LogP contribution in [0.15, 0.2) is 84.6 Å². The van der Waals surface area contributed by atoms with Gasteiger partial charge in [0.2, 0.25) is 5.79 Å². The number of hydrogen-bond acceptors (Lipinski definition) is 10. The van der Waals surface area contributed by atoms with E-state index in [2.05, 4.69) is 19.2 Å².